The molecule has 2 aliphatic heterocycles. The third kappa shape index (κ3) is 1.40. The van der Waals surface area contributed by atoms with Crippen LogP contribution in [0.15, 0.2) is 11.4 Å². The Morgan fingerprint density at radius 2 is 2.50 bits per heavy atom. The van der Waals surface area contributed by atoms with Gasteiger partial charge in [-0.2, -0.15) is 0 Å². The van der Waals surface area contributed by atoms with Crippen LogP contribution >= 0.6 is 11.3 Å². The number of thiophene rings is 1. The van der Waals surface area contributed by atoms with Crippen LogP contribution in [0.5, 0.6) is 0 Å². The van der Waals surface area contributed by atoms with Gasteiger partial charge in [-0.15, -0.1) is 11.3 Å². The highest BCUT2D eigenvalue weighted by atomic mass is 32.1. The summed E-state index contributed by atoms with van der Waals surface area (Å²) in [5.41, 5.74) is 1.54. The Bertz CT molecular complexity index is 323. The molecule has 2 aliphatic rings. The highest BCUT2D eigenvalue weighted by Gasteiger charge is 2.31. The van der Waals surface area contributed by atoms with Crippen molar-refractivity contribution >= 4 is 11.3 Å². The third-order valence-corrected chi connectivity index (χ3v) is 4.37. The Morgan fingerprint density at radius 3 is 3.50 bits per heavy atom. The van der Waals surface area contributed by atoms with Gasteiger partial charge in [0.05, 0.1) is 6.61 Å². The summed E-state index contributed by atoms with van der Waals surface area (Å²) in [6.07, 6.45) is 2.36. The van der Waals surface area contributed by atoms with Crippen molar-refractivity contribution in [3.63, 3.8) is 0 Å². The smallest absolute Gasteiger partial charge is 0.0557 e. The molecule has 2 atom stereocenters. The number of ether oxygens (including phenoxy) is 1. The van der Waals surface area contributed by atoms with Gasteiger partial charge in [0.25, 0.3) is 0 Å². The fourth-order valence-corrected chi connectivity index (χ4v) is 3.62. The van der Waals surface area contributed by atoms with Crippen molar-refractivity contribution in [2.45, 2.75) is 24.8 Å². The summed E-state index contributed by atoms with van der Waals surface area (Å²) in [5, 5.41) is 5.87. The van der Waals surface area contributed by atoms with Crippen molar-refractivity contribution in [3.05, 3.63) is 21.9 Å². The van der Waals surface area contributed by atoms with Gasteiger partial charge in [0, 0.05) is 23.4 Å². The number of hydrogen-bond donors (Lipinski definition) is 1. The average Bonchev–Trinajstić information content (AvgIpc) is 2.61. The lowest BCUT2D eigenvalue weighted by Gasteiger charge is -2.30. The maximum atomic E-state index is 5.59. The Morgan fingerprint density at radius 1 is 1.50 bits per heavy atom. The zero-order chi connectivity index (χ0) is 9.38. The minimum absolute atomic E-state index is 0.612. The first-order valence-corrected chi connectivity index (χ1v) is 6.20. The van der Waals surface area contributed by atoms with E-state index in [2.05, 4.69) is 16.8 Å². The van der Waals surface area contributed by atoms with Crippen molar-refractivity contribution < 1.29 is 4.74 Å². The van der Waals surface area contributed by atoms with Gasteiger partial charge in [0.1, 0.15) is 0 Å². The molecule has 0 saturated carbocycles. The molecule has 2 unspecified atom stereocenters. The van der Waals surface area contributed by atoms with E-state index < -0.39 is 0 Å². The molecule has 14 heavy (non-hydrogen) atoms. The summed E-state index contributed by atoms with van der Waals surface area (Å²) in [6, 6.07) is 2.93. The molecule has 1 N–H and O–H groups in total. The van der Waals surface area contributed by atoms with E-state index in [-0.39, 0.29) is 0 Å². The fraction of sp³-hybridized carbons (Fsp3) is 0.636. The minimum Gasteiger partial charge on any atom is -0.381 e. The summed E-state index contributed by atoms with van der Waals surface area (Å²) in [4.78, 5) is 1.57. The quantitative estimate of drug-likeness (QED) is 0.703. The molecule has 1 aromatic heterocycles. The topological polar surface area (TPSA) is 21.3 Å². The van der Waals surface area contributed by atoms with Crippen LogP contribution in [-0.2, 0) is 11.2 Å². The number of hydrogen-bond acceptors (Lipinski definition) is 3. The molecule has 1 saturated heterocycles. The summed E-state index contributed by atoms with van der Waals surface area (Å²) < 4.78 is 5.59. The standard InChI is InChI=1S/C11H15NOS/c1-4-12-10-2-5-13-7-9(10)11-8(1)3-6-14-11/h3,6,9-10,12H,1-2,4-5,7H2. The van der Waals surface area contributed by atoms with Crippen molar-refractivity contribution in [3.8, 4) is 0 Å². The molecule has 0 spiro atoms. The largest absolute Gasteiger partial charge is 0.381 e. The summed E-state index contributed by atoms with van der Waals surface area (Å²) in [6.45, 7) is 2.96. The second-order valence-electron chi connectivity index (χ2n) is 4.09. The third-order valence-electron chi connectivity index (χ3n) is 3.27. The molecule has 2 nitrogen and oxygen atoms in total. The molecule has 3 heteroatoms. The van der Waals surface area contributed by atoms with Crippen LogP contribution in [0.2, 0.25) is 0 Å². The predicted octanol–water partition coefficient (Wildman–Crippen LogP) is 1.77. The van der Waals surface area contributed by atoms with Gasteiger partial charge in [0.15, 0.2) is 0 Å². The monoisotopic (exact) mass is 209 g/mol. The normalized spacial score (nSPS) is 31.7. The molecular weight excluding hydrogens is 194 g/mol. The van der Waals surface area contributed by atoms with E-state index in [1.807, 2.05) is 11.3 Å². The van der Waals surface area contributed by atoms with Gasteiger partial charge in [-0.3, -0.25) is 0 Å². The Labute approximate surface area is 88.3 Å². The van der Waals surface area contributed by atoms with Crippen molar-refractivity contribution in [2.75, 3.05) is 19.8 Å². The lowest BCUT2D eigenvalue weighted by Crippen LogP contribution is -2.40. The van der Waals surface area contributed by atoms with E-state index in [4.69, 9.17) is 4.74 Å². The van der Waals surface area contributed by atoms with Crippen LogP contribution in [0.25, 0.3) is 0 Å². The summed E-state index contributed by atoms with van der Waals surface area (Å²) in [7, 11) is 0. The maximum Gasteiger partial charge on any atom is 0.0557 e. The number of nitrogens with one attached hydrogen (secondary N) is 1. The highest BCUT2D eigenvalue weighted by molar-refractivity contribution is 7.10. The van der Waals surface area contributed by atoms with Crippen molar-refractivity contribution in [1.29, 1.82) is 0 Å². The zero-order valence-electron chi connectivity index (χ0n) is 8.16. The molecule has 76 valence electrons. The molecule has 3 heterocycles. The molecule has 0 aromatic carbocycles. The SMILES string of the molecule is c1cc2c(s1)C1COCCC1NCC2. The Hall–Kier alpha value is -0.380. The number of rotatable bonds is 0. The Kier molecular flexibility index (Phi) is 2.32. The second-order valence-corrected chi connectivity index (χ2v) is 5.04. The van der Waals surface area contributed by atoms with Crippen molar-refractivity contribution in [1.82, 2.24) is 5.32 Å². The summed E-state index contributed by atoms with van der Waals surface area (Å²) >= 11 is 1.90. The van der Waals surface area contributed by atoms with Crippen LogP contribution in [0.4, 0.5) is 0 Å². The van der Waals surface area contributed by atoms with Crippen LogP contribution in [0, 0.1) is 0 Å². The lowest BCUT2D eigenvalue weighted by molar-refractivity contribution is 0.0623. The van der Waals surface area contributed by atoms with Crippen LogP contribution in [0.3, 0.4) is 0 Å². The van der Waals surface area contributed by atoms with Gasteiger partial charge in [-0.1, -0.05) is 0 Å². The lowest BCUT2D eigenvalue weighted by atomic mass is 9.93. The molecule has 3 rings (SSSR count). The van der Waals surface area contributed by atoms with Crippen LogP contribution < -0.4 is 5.32 Å². The molecule has 0 radical (unpaired) electrons. The van der Waals surface area contributed by atoms with Gasteiger partial charge in [-0.05, 0) is 36.4 Å². The fourth-order valence-electron chi connectivity index (χ4n) is 2.51. The number of fused-ring (bicyclic) bond motifs is 3. The van der Waals surface area contributed by atoms with E-state index in [9.17, 15) is 0 Å². The van der Waals surface area contributed by atoms with E-state index in [1.54, 1.807) is 10.4 Å². The van der Waals surface area contributed by atoms with E-state index in [1.165, 1.54) is 12.8 Å². The van der Waals surface area contributed by atoms with E-state index in [0.717, 1.165) is 19.8 Å². The second kappa shape index (κ2) is 3.65. The molecule has 1 fully saturated rings. The molecular formula is C11H15NOS. The van der Waals surface area contributed by atoms with Gasteiger partial charge < -0.3 is 10.1 Å². The molecule has 0 aliphatic carbocycles. The summed E-state index contributed by atoms with van der Waals surface area (Å²) in [5.74, 6) is 0.612. The predicted molar refractivity (Wildman–Crippen MR) is 58.0 cm³/mol. The first-order chi connectivity index (χ1) is 6.95. The highest BCUT2D eigenvalue weighted by Crippen LogP contribution is 2.34. The Balaban J connectivity index is 1.96. The molecule has 1 aromatic rings. The van der Waals surface area contributed by atoms with E-state index >= 15 is 0 Å². The van der Waals surface area contributed by atoms with Gasteiger partial charge >= 0.3 is 0 Å². The van der Waals surface area contributed by atoms with Crippen molar-refractivity contribution in [2.24, 2.45) is 0 Å². The molecule has 0 amide bonds. The average molecular weight is 209 g/mol. The minimum atomic E-state index is 0.612. The van der Waals surface area contributed by atoms with Gasteiger partial charge in [0.2, 0.25) is 0 Å². The first-order valence-electron chi connectivity index (χ1n) is 5.32. The zero-order valence-corrected chi connectivity index (χ0v) is 8.98. The van der Waals surface area contributed by atoms with Crippen LogP contribution in [-0.4, -0.2) is 25.8 Å². The van der Waals surface area contributed by atoms with Crippen LogP contribution in [0.1, 0.15) is 22.8 Å². The molecule has 0 bridgehead atoms. The maximum absolute atomic E-state index is 5.59. The van der Waals surface area contributed by atoms with E-state index in [0.29, 0.717) is 12.0 Å². The first kappa shape index (κ1) is 8.89. The van der Waals surface area contributed by atoms with Gasteiger partial charge in [-0.25, -0.2) is 0 Å².